The maximum absolute atomic E-state index is 12.1. The van der Waals surface area contributed by atoms with Crippen LogP contribution in [0.3, 0.4) is 0 Å². The van der Waals surface area contributed by atoms with Crippen molar-refractivity contribution in [3.05, 3.63) is 12.2 Å². The Bertz CT molecular complexity index is 775. The molecule has 0 bridgehead atoms. The molecule has 0 rings (SSSR count). The molecule has 0 saturated heterocycles. The first kappa shape index (κ1) is 34.0. The maximum Gasteiger partial charge on any atom is 0.336 e. The highest BCUT2D eigenvalue weighted by Gasteiger charge is 2.40. The van der Waals surface area contributed by atoms with Gasteiger partial charge in [-0.25, -0.2) is 14.9 Å². The number of nitrogens with one attached hydrogen (secondary N) is 2. The number of amides is 4. The van der Waals surface area contributed by atoms with E-state index in [0.29, 0.717) is 10.1 Å². The zero-order valence-corrected chi connectivity index (χ0v) is 21.8. The van der Waals surface area contributed by atoms with Crippen LogP contribution >= 0.6 is 0 Å². The first-order valence-corrected chi connectivity index (χ1v) is 12.6. The van der Waals surface area contributed by atoms with E-state index < -0.39 is 48.0 Å². The molecule has 6 N–H and O–H groups in total. The Morgan fingerprint density at radius 2 is 1.32 bits per heavy atom. The van der Waals surface area contributed by atoms with Crippen molar-refractivity contribution in [2.24, 2.45) is 0 Å². The quantitative estimate of drug-likeness (QED) is 0.0575. The molecule has 13 heteroatoms. The lowest BCUT2D eigenvalue weighted by Crippen LogP contribution is -2.47. The summed E-state index contributed by atoms with van der Waals surface area (Å²) >= 11 is 0. The Hall–Kier alpha value is -3.03. The van der Waals surface area contributed by atoms with E-state index in [-0.39, 0.29) is 39.0 Å². The second kappa shape index (κ2) is 19.1. The fourth-order valence-corrected chi connectivity index (χ4v) is 3.19. The van der Waals surface area contributed by atoms with Crippen LogP contribution < -0.4 is 10.6 Å². The molecule has 1 unspecified atom stereocenters. The van der Waals surface area contributed by atoms with Gasteiger partial charge >= 0.3 is 5.97 Å². The molecule has 37 heavy (non-hydrogen) atoms. The third-order valence-corrected chi connectivity index (χ3v) is 5.39. The van der Waals surface area contributed by atoms with Gasteiger partial charge in [-0.1, -0.05) is 38.7 Å². The average molecular weight is 531 g/mol. The zero-order valence-electron chi connectivity index (χ0n) is 21.8. The van der Waals surface area contributed by atoms with Gasteiger partial charge in [0.15, 0.2) is 5.60 Å². The van der Waals surface area contributed by atoms with Crippen LogP contribution in [-0.2, 0) is 24.0 Å². The molecule has 0 spiro atoms. The molecule has 212 valence electrons. The summed E-state index contributed by atoms with van der Waals surface area (Å²) < 4.78 is 0. The second-order valence-corrected chi connectivity index (χ2v) is 8.81. The van der Waals surface area contributed by atoms with Gasteiger partial charge in [0.05, 0.1) is 25.9 Å². The van der Waals surface area contributed by atoms with E-state index in [4.69, 9.17) is 0 Å². The number of allylic oxidation sites excluding steroid dienone is 1. The fraction of sp³-hybridized carbons (Fsp3) is 0.708. The van der Waals surface area contributed by atoms with Crippen molar-refractivity contribution in [1.29, 1.82) is 0 Å². The number of hydrogen-bond donors (Lipinski definition) is 6. The number of rotatable bonds is 20. The van der Waals surface area contributed by atoms with Crippen LogP contribution in [0.15, 0.2) is 12.2 Å². The Balaban J connectivity index is 4.32. The summed E-state index contributed by atoms with van der Waals surface area (Å²) in [7, 11) is 0. The van der Waals surface area contributed by atoms with Crippen molar-refractivity contribution < 1.29 is 44.6 Å². The summed E-state index contributed by atoms with van der Waals surface area (Å²) in [6, 6.07) is 0. The van der Waals surface area contributed by atoms with Crippen LogP contribution in [0.25, 0.3) is 0 Å². The minimum absolute atomic E-state index is 0.0000200. The summed E-state index contributed by atoms with van der Waals surface area (Å²) in [5.74, 6) is -4.56. The Labute approximate surface area is 217 Å². The van der Waals surface area contributed by atoms with E-state index in [1.807, 2.05) is 0 Å². The molecule has 0 fully saturated rings. The number of carboxylic acids is 1. The van der Waals surface area contributed by atoms with E-state index >= 15 is 0 Å². The van der Waals surface area contributed by atoms with E-state index in [2.05, 4.69) is 17.6 Å². The Morgan fingerprint density at radius 1 is 0.811 bits per heavy atom. The van der Waals surface area contributed by atoms with Gasteiger partial charge in [-0.3, -0.25) is 29.6 Å². The van der Waals surface area contributed by atoms with Gasteiger partial charge in [0.2, 0.25) is 17.7 Å². The molecule has 0 aliphatic carbocycles. The number of nitrogens with zero attached hydrogens (tertiary/aromatic N) is 2. The third kappa shape index (κ3) is 16.4. The molecule has 0 aromatic heterocycles. The van der Waals surface area contributed by atoms with E-state index in [1.165, 1.54) is 12.5 Å². The van der Waals surface area contributed by atoms with Crippen molar-refractivity contribution in [3.8, 4) is 0 Å². The molecular formula is C24H42N4O9. The minimum Gasteiger partial charge on any atom is -0.479 e. The molecule has 13 nitrogen and oxygen atoms in total. The lowest BCUT2D eigenvalue weighted by Gasteiger charge is -2.22. The first-order valence-electron chi connectivity index (χ1n) is 12.6. The Morgan fingerprint density at radius 3 is 1.81 bits per heavy atom. The molecule has 0 aliphatic heterocycles. The summed E-state index contributed by atoms with van der Waals surface area (Å²) in [4.78, 5) is 58.3. The summed E-state index contributed by atoms with van der Waals surface area (Å²) in [5, 5.41) is 44.4. The maximum atomic E-state index is 12.1. The van der Waals surface area contributed by atoms with Crippen molar-refractivity contribution in [2.45, 2.75) is 83.7 Å². The molecule has 4 amide bonds. The van der Waals surface area contributed by atoms with Gasteiger partial charge in [0, 0.05) is 26.1 Å². The van der Waals surface area contributed by atoms with Crippen molar-refractivity contribution in [3.63, 3.8) is 0 Å². The topological polar surface area (TPSA) is 197 Å². The predicted molar refractivity (Wildman–Crippen MR) is 132 cm³/mol. The summed E-state index contributed by atoms with van der Waals surface area (Å²) in [6.07, 6.45) is 7.88. The average Bonchev–Trinajstić information content (AvgIpc) is 2.83. The lowest BCUT2D eigenvalue weighted by molar-refractivity contribution is -0.164. The second-order valence-electron chi connectivity index (χ2n) is 8.81. The fourth-order valence-electron chi connectivity index (χ4n) is 3.19. The van der Waals surface area contributed by atoms with Crippen molar-refractivity contribution in [1.82, 2.24) is 20.8 Å². The smallest absolute Gasteiger partial charge is 0.336 e. The highest BCUT2D eigenvalue weighted by molar-refractivity contribution is 5.91. The number of aliphatic carboxylic acids is 1. The van der Waals surface area contributed by atoms with Gasteiger partial charge in [-0.2, -0.15) is 0 Å². The number of hydrogen-bond acceptors (Lipinski definition) is 8. The first-order chi connectivity index (χ1) is 17.4. The lowest BCUT2D eigenvalue weighted by atomic mass is 9.94. The van der Waals surface area contributed by atoms with Crippen LogP contribution in [0.5, 0.6) is 0 Å². The van der Waals surface area contributed by atoms with Crippen LogP contribution in [0.2, 0.25) is 0 Å². The van der Waals surface area contributed by atoms with Crippen LogP contribution in [0.1, 0.15) is 78.1 Å². The molecule has 0 aliphatic rings. The number of aliphatic hydroxyl groups is 1. The van der Waals surface area contributed by atoms with Gasteiger partial charge in [-0.05, 0) is 25.7 Å². The van der Waals surface area contributed by atoms with Crippen LogP contribution in [0, 0.1) is 0 Å². The Kier molecular flexibility index (Phi) is 17.6. The monoisotopic (exact) mass is 530 g/mol. The van der Waals surface area contributed by atoms with Crippen LogP contribution in [-0.4, -0.2) is 92.1 Å². The van der Waals surface area contributed by atoms with Crippen molar-refractivity contribution >= 4 is 29.6 Å². The van der Waals surface area contributed by atoms with Gasteiger partial charge < -0.3 is 20.8 Å². The van der Waals surface area contributed by atoms with Gasteiger partial charge in [0.1, 0.15) is 0 Å². The van der Waals surface area contributed by atoms with Crippen molar-refractivity contribution in [2.75, 3.05) is 26.2 Å². The number of carbonyl (C=O) groups is 5. The molecule has 0 saturated carbocycles. The number of carboxylic acid groups (broad SMARTS) is 1. The highest BCUT2D eigenvalue weighted by atomic mass is 16.5. The standard InChI is InChI=1S/C24H42N4O9/c1-3-4-5-6-7-8-9-12-22(32)28(37)16-11-14-26-21(31)18-24(35,23(33)34)17-20(30)25-13-10-15-27(36)19(2)29/h9,12,35-37H,3-8,10-11,13-18H2,1-2H3,(H,25,30)(H,26,31)(H,33,34). The summed E-state index contributed by atoms with van der Waals surface area (Å²) in [5.41, 5.74) is -2.64. The number of unbranched alkanes of at least 4 members (excludes halogenated alkanes) is 5. The summed E-state index contributed by atoms with van der Waals surface area (Å²) in [6.45, 7) is 3.18. The normalized spacial score (nSPS) is 12.6. The molecule has 0 aromatic carbocycles. The molecule has 0 heterocycles. The molecule has 0 aromatic rings. The van der Waals surface area contributed by atoms with E-state index in [1.54, 1.807) is 6.08 Å². The van der Waals surface area contributed by atoms with E-state index in [9.17, 15) is 44.6 Å². The van der Waals surface area contributed by atoms with Crippen LogP contribution in [0.4, 0.5) is 0 Å². The number of carbonyl (C=O) groups excluding carboxylic acids is 4. The number of hydroxylamine groups is 4. The highest BCUT2D eigenvalue weighted by Crippen LogP contribution is 2.16. The third-order valence-electron chi connectivity index (χ3n) is 5.39. The van der Waals surface area contributed by atoms with Gasteiger partial charge in [-0.15, -0.1) is 0 Å². The molecule has 1 atom stereocenters. The molecule has 0 radical (unpaired) electrons. The van der Waals surface area contributed by atoms with E-state index in [0.717, 1.165) is 39.0 Å². The molecular weight excluding hydrogens is 488 g/mol. The SMILES string of the molecule is CCCCCCCC=CC(=O)N(O)CCCNC(=O)CC(O)(CC(=O)NCCCN(O)C(C)=O)C(=O)O. The largest absolute Gasteiger partial charge is 0.479 e. The minimum atomic E-state index is -2.64. The zero-order chi connectivity index (χ0) is 28.3. The predicted octanol–water partition coefficient (Wildman–Crippen LogP) is 0.967. The van der Waals surface area contributed by atoms with Gasteiger partial charge in [0.25, 0.3) is 5.91 Å².